The van der Waals surface area contributed by atoms with E-state index in [1.54, 1.807) is 11.3 Å². The van der Waals surface area contributed by atoms with Crippen LogP contribution in [0.3, 0.4) is 0 Å². The molecule has 2 aromatic heterocycles. The van der Waals surface area contributed by atoms with Crippen molar-refractivity contribution in [1.29, 1.82) is 5.26 Å². The van der Waals surface area contributed by atoms with Crippen molar-refractivity contribution in [3.8, 4) is 16.5 Å². The average molecular weight is 308 g/mol. The van der Waals surface area contributed by atoms with E-state index in [0.29, 0.717) is 11.4 Å². The van der Waals surface area contributed by atoms with Gasteiger partial charge >= 0.3 is 0 Å². The van der Waals surface area contributed by atoms with Crippen LogP contribution < -0.4 is 5.73 Å². The van der Waals surface area contributed by atoms with E-state index in [1.807, 2.05) is 25.3 Å². The summed E-state index contributed by atoms with van der Waals surface area (Å²) in [5.41, 5.74) is 9.03. The van der Waals surface area contributed by atoms with Crippen molar-refractivity contribution in [3.63, 3.8) is 0 Å². The molecule has 0 aliphatic carbocycles. The lowest BCUT2D eigenvalue weighted by Crippen LogP contribution is -2.02. The van der Waals surface area contributed by atoms with Gasteiger partial charge in [0.15, 0.2) is 0 Å². The summed E-state index contributed by atoms with van der Waals surface area (Å²) in [6.45, 7) is 3.87. The van der Waals surface area contributed by atoms with Crippen LogP contribution in [0, 0.1) is 25.2 Å². The first-order chi connectivity index (χ1) is 8.04. The molecule has 0 saturated heterocycles. The highest BCUT2D eigenvalue weighted by atomic mass is 79.9. The third-order valence-electron chi connectivity index (χ3n) is 2.64. The second-order valence-corrected chi connectivity index (χ2v) is 5.53. The highest BCUT2D eigenvalue weighted by Crippen LogP contribution is 2.36. The molecule has 2 rings (SSSR count). The lowest BCUT2D eigenvalue weighted by molar-refractivity contribution is 1.15. The van der Waals surface area contributed by atoms with Gasteiger partial charge in [-0.15, -0.1) is 11.3 Å². The summed E-state index contributed by atoms with van der Waals surface area (Å²) in [4.78, 5) is 5.22. The molecule has 2 heterocycles. The molecule has 86 valence electrons. The van der Waals surface area contributed by atoms with Crippen LogP contribution in [0.15, 0.2) is 15.9 Å². The number of hydrogen-bond donors (Lipinski definition) is 1. The molecule has 0 aliphatic heterocycles. The van der Waals surface area contributed by atoms with Crippen molar-refractivity contribution in [3.05, 3.63) is 32.7 Å². The number of halogens is 1. The van der Waals surface area contributed by atoms with Gasteiger partial charge in [-0.25, -0.2) is 4.98 Å². The Bertz CT molecular complexity index is 625. The first-order valence-electron chi connectivity index (χ1n) is 4.95. The Morgan fingerprint density at radius 3 is 2.71 bits per heavy atom. The largest absolute Gasteiger partial charge is 0.383 e. The van der Waals surface area contributed by atoms with Crippen LogP contribution in [-0.2, 0) is 0 Å². The van der Waals surface area contributed by atoms with Gasteiger partial charge < -0.3 is 5.73 Å². The Balaban J connectivity index is 2.80. The number of aromatic nitrogens is 1. The van der Waals surface area contributed by atoms with Crippen LogP contribution in [0.25, 0.3) is 10.4 Å². The zero-order chi connectivity index (χ0) is 12.6. The fourth-order valence-corrected chi connectivity index (χ4v) is 3.22. The predicted molar refractivity (Wildman–Crippen MR) is 73.9 cm³/mol. The van der Waals surface area contributed by atoms with Crippen molar-refractivity contribution in [2.24, 2.45) is 0 Å². The molecule has 0 aromatic carbocycles. The molecule has 0 amide bonds. The van der Waals surface area contributed by atoms with E-state index < -0.39 is 0 Å². The maximum Gasteiger partial charge on any atom is 0.142 e. The Kier molecular flexibility index (Phi) is 3.18. The summed E-state index contributed by atoms with van der Waals surface area (Å²) in [7, 11) is 0. The van der Waals surface area contributed by atoms with Crippen molar-refractivity contribution in [2.45, 2.75) is 13.8 Å². The Hall–Kier alpha value is -1.38. The van der Waals surface area contributed by atoms with Crippen molar-refractivity contribution < 1.29 is 0 Å². The van der Waals surface area contributed by atoms with Gasteiger partial charge in [-0.05, 0) is 41.4 Å². The van der Waals surface area contributed by atoms with E-state index in [4.69, 9.17) is 5.73 Å². The molecule has 2 aromatic rings. The van der Waals surface area contributed by atoms with Crippen molar-refractivity contribution in [1.82, 2.24) is 4.98 Å². The molecular weight excluding hydrogens is 298 g/mol. The highest BCUT2D eigenvalue weighted by molar-refractivity contribution is 9.10. The van der Waals surface area contributed by atoms with Crippen LogP contribution in [0.5, 0.6) is 0 Å². The van der Waals surface area contributed by atoms with E-state index in [0.717, 1.165) is 26.2 Å². The van der Waals surface area contributed by atoms with Gasteiger partial charge in [-0.1, -0.05) is 0 Å². The fraction of sp³-hybridized carbons (Fsp3) is 0.167. The highest BCUT2D eigenvalue weighted by Gasteiger charge is 2.16. The molecule has 0 atom stereocenters. The van der Waals surface area contributed by atoms with Gasteiger partial charge in [0, 0.05) is 26.0 Å². The maximum absolute atomic E-state index is 9.21. The van der Waals surface area contributed by atoms with E-state index in [1.165, 1.54) is 0 Å². The molecule has 0 spiro atoms. The van der Waals surface area contributed by atoms with Crippen LogP contribution >= 0.6 is 27.3 Å². The SMILES string of the molecule is Cc1nc(N)c(C#N)c(-c2cc(Br)cs2)c1C. The Labute approximate surface area is 112 Å². The van der Waals surface area contributed by atoms with Gasteiger partial charge in [0.1, 0.15) is 17.5 Å². The molecule has 5 heteroatoms. The monoisotopic (exact) mass is 307 g/mol. The average Bonchev–Trinajstić information content (AvgIpc) is 2.69. The van der Waals surface area contributed by atoms with Gasteiger partial charge in [-0.2, -0.15) is 5.26 Å². The van der Waals surface area contributed by atoms with Gasteiger partial charge in [0.25, 0.3) is 0 Å². The molecule has 0 fully saturated rings. The number of pyridine rings is 1. The minimum atomic E-state index is 0.301. The molecule has 3 nitrogen and oxygen atoms in total. The number of hydrogen-bond acceptors (Lipinski definition) is 4. The fourth-order valence-electron chi connectivity index (χ4n) is 1.68. The van der Waals surface area contributed by atoms with Crippen molar-refractivity contribution >= 4 is 33.1 Å². The number of rotatable bonds is 1. The summed E-state index contributed by atoms with van der Waals surface area (Å²) in [6, 6.07) is 4.14. The number of nitrogens with two attached hydrogens (primary N) is 1. The smallest absolute Gasteiger partial charge is 0.142 e. The topological polar surface area (TPSA) is 62.7 Å². The van der Waals surface area contributed by atoms with E-state index >= 15 is 0 Å². The standard InChI is InChI=1S/C12H10BrN3S/c1-6-7(2)16-12(15)9(4-14)11(6)10-3-8(13)5-17-10/h3,5H,1-2H3,(H2,15,16). The molecule has 17 heavy (non-hydrogen) atoms. The summed E-state index contributed by atoms with van der Waals surface area (Å²) >= 11 is 5.00. The molecular formula is C12H10BrN3S. The summed E-state index contributed by atoms with van der Waals surface area (Å²) < 4.78 is 1.01. The second kappa shape index (κ2) is 4.47. The van der Waals surface area contributed by atoms with Gasteiger partial charge in [0.05, 0.1) is 0 Å². The van der Waals surface area contributed by atoms with E-state index in [-0.39, 0.29) is 0 Å². The zero-order valence-electron chi connectivity index (χ0n) is 9.41. The van der Waals surface area contributed by atoms with E-state index in [2.05, 4.69) is 27.0 Å². The predicted octanol–water partition coefficient (Wildman–Crippen LogP) is 3.64. The lowest BCUT2D eigenvalue weighted by Gasteiger charge is -2.10. The Morgan fingerprint density at radius 1 is 1.47 bits per heavy atom. The molecule has 0 unspecified atom stereocenters. The normalized spacial score (nSPS) is 10.2. The number of nitrogens with zero attached hydrogens (tertiary/aromatic N) is 2. The van der Waals surface area contributed by atoms with Crippen LogP contribution in [0.2, 0.25) is 0 Å². The number of thiophene rings is 1. The summed E-state index contributed by atoms with van der Waals surface area (Å²) in [5, 5.41) is 11.2. The van der Waals surface area contributed by atoms with Crippen molar-refractivity contribution in [2.75, 3.05) is 5.73 Å². The van der Waals surface area contributed by atoms with E-state index in [9.17, 15) is 5.26 Å². The molecule has 0 aliphatic rings. The first kappa shape index (κ1) is 12.1. The number of anilines is 1. The second-order valence-electron chi connectivity index (χ2n) is 3.70. The minimum Gasteiger partial charge on any atom is -0.383 e. The maximum atomic E-state index is 9.21. The molecule has 2 N–H and O–H groups in total. The minimum absolute atomic E-state index is 0.301. The van der Waals surface area contributed by atoms with Crippen LogP contribution in [0.1, 0.15) is 16.8 Å². The zero-order valence-corrected chi connectivity index (χ0v) is 11.8. The van der Waals surface area contributed by atoms with Crippen LogP contribution in [-0.4, -0.2) is 4.98 Å². The number of aryl methyl sites for hydroxylation is 1. The third kappa shape index (κ3) is 2.06. The quantitative estimate of drug-likeness (QED) is 0.874. The molecule has 0 radical (unpaired) electrons. The van der Waals surface area contributed by atoms with Crippen LogP contribution in [0.4, 0.5) is 5.82 Å². The number of nitrogen functional groups attached to an aromatic ring is 1. The first-order valence-corrected chi connectivity index (χ1v) is 6.63. The molecule has 0 saturated carbocycles. The van der Waals surface area contributed by atoms with Gasteiger partial charge in [0.2, 0.25) is 0 Å². The Morgan fingerprint density at radius 2 is 2.18 bits per heavy atom. The number of nitriles is 1. The third-order valence-corrected chi connectivity index (χ3v) is 4.35. The summed E-state index contributed by atoms with van der Waals surface area (Å²) in [5.74, 6) is 0.301. The van der Waals surface area contributed by atoms with Gasteiger partial charge in [-0.3, -0.25) is 0 Å². The summed E-state index contributed by atoms with van der Waals surface area (Å²) in [6.07, 6.45) is 0. The lowest BCUT2D eigenvalue weighted by atomic mass is 10.0. The molecule has 0 bridgehead atoms.